The molecule has 78 valence electrons. The molecule has 0 radical (unpaired) electrons. The molecule has 1 aliphatic carbocycles. The third-order valence-corrected chi connectivity index (χ3v) is 2.59. The molecule has 5 heteroatoms. The van der Waals surface area contributed by atoms with Crippen LogP contribution in [-0.4, -0.2) is 73.0 Å². The van der Waals surface area contributed by atoms with E-state index in [-0.39, 0.29) is 57.7 Å². The molecule has 0 aromatic rings. The van der Waals surface area contributed by atoms with Gasteiger partial charge in [-0.2, -0.15) is 0 Å². The molecule has 0 aromatic carbocycles. The molecular formula is C9H16BaO4. The minimum Gasteiger partial charge on any atom is -1.00 e. The zero-order valence-electron chi connectivity index (χ0n) is 10.4. The van der Waals surface area contributed by atoms with Crippen molar-refractivity contribution in [2.45, 2.75) is 25.7 Å². The molecule has 2 atom stereocenters. The second-order valence-electron chi connectivity index (χ2n) is 3.36. The first-order chi connectivity index (χ1) is 6.16. The van der Waals surface area contributed by atoms with Gasteiger partial charge in [-0.25, -0.2) is 0 Å². The molecule has 2 unspecified atom stereocenters. The SMILES string of the molecule is COC(=O)C1CCCCC1C(=O)O.[Ba+2].[H-].[H-]. The number of rotatable bonds is 2. The summed E-state index contributed by atoms with van der Waals surface area (Å²) in [6.45, 7) is 0. The van der Waals surface area contributed by atoms with Crippen molar-refractivity contribution < 1.29 is 22.3 Å². The third kappa shape index (κ3) is 3.58. The van der Waals surface area contributed by atoms with E-state index in [0.717, 1.165) is 12.8 Å². The predicted octanol–water partition coefficient (Wildman–Crippen LogP) is 0.895. The van der Waals surface area contributed by atoms with Gasteiger partial charge < -0.3 is 12.7 Å². The smallest absolute Gasteiger partial charge is 1.00 e. The maximum absolute atomic E-state index is 11.2. The van der Waals surface area contributed by atoms with Gasteiger partial charge >= 0.3 is 60.8 Å². The summed E-state index contributed by atoms with van der Waals surface area (Å²) in [4.78, 5) is 22.0. The van der Waals surface area contributed by atoms with Crippen molar-refractivity contribution >= 4 is 60.8 Å². The van der Waals surface area contributed by atoms with E-state index in [9.17, 15) is 9.59 Å². The summed E-state index contributed by atoms with van der Waals surface area (Å²) in [5.74, 6) is -2.24. The number of carboxylic acid groups (broad SMARTS) is 1. The van der Waals surface area contributed by atoms with Gasteiger partial charge in [0.1, 0.15) is 0 Å². The van der Waals surface area contributed by atoms with Crippen molar-refractivity contribution in [1.29, 1.82) is 0 Å². The maximum Gasteiger partial charge on any atom is 2.00 e. The van der Waals surface area contributed by atoms with Crippen LogP contribution in [0.5, 0.6) is 0 Å². The summed E-state index contributed by atoms with van der Waals surface area (Å²) in [6, 6.07) is 0. The zero-order valence-corrected chi connectivity index (χ0v) is 12.8. The fourth-order valence-electron chi connectivity index (χ4n) is 1.86. The van der Waals surface area contributed by atoms with Crippen LogP contribution in [0, 0.1) is 11.8 Å². The normalized spacial score (nSPS) is 26.1. The molecule has 0 aliphatic heterocycles. The van der Waals surface area contributed by atoms with Crippen LogP contribution in [-0.2, 0) is 14.3 Å². The van der Waals surface area contributed by atoms with Gasteiger partial charge in [-0.1, -0.05) is 12.8 Å². The van der Waals surface area contributed by atoms with E-state index in [4.69, 9.17) is 5.11 Å². The molecular weight excluding hydrogens is 309 g/mol. The Kier molecular flexibility index (Phi) is 7.15. The number of aliphatic carboxylic acids is 1. The molecule has 0 heterocycles. The molecule has 1 aliphatic rings. The Morgan fingerprint density at radius 1 is 1.29 bits per heavy atom. The molecule has 0 bridgehead atoms. The Morgan fingerprint density at radius 3 is 2.21 bits per heavy atom. The van der Waals surface area contributed by atoms with Gasteiger partial charge in [0, 0.05) is 0 Å². The first-order valence-electron chi connectivity index (χ1n) is 4.47. The van der Waals surface area contributed by atoms with Gasteiger partial charge in [0.2, 0.25) is 0 Å². The summed E-state index contributed by atoms with van der Waals surface area (Å²) in [6.07, 6.45) is 3.05. The molecule has 4 nitrogen and oxygen atoms in total. The van der Waals surface area contributed by atoms with Crippen molar-refractivity contribution in [3.63, 3.8) is 0 Å². The topological polar surface area (TPSA) is 63.6 Å². The minimum absolute atomic E-state index is 0. The molecule has 1 fully saturated rings. The van der Waals surface area contributed by atoms with Crippen molar-refractivity contribution in [1.82, 2.24) is 0 Å². The third-order valence-electron chi connectivity index (χ3n) is 2.59. The van der Waals surface area contributed by atoms with E-state index in [1.807, 2.05) is 0 Å². The maximum atomic E-state index is 11.2. The zero-order chi connectivity index (χ0) is 9.84. The summed E-state index contributed by atoms with van der Waals surface area (Å²) in [7, 11) is 1.30. The summed E-state index contributed by atoms with van der Waals surface area (Å²) < 4.78 is 4.57. The predicted molar refractivity (Wildman–Crippen MR) is 53.1 cm³/mol. The van der Waals surface area contributed by atoms with Crippen LogP contribution >= 0.6 is 0 Å². The molecule has 14 heavy (non-hydrogen) atoms. The quantitative estimate of drug-likeness (QED) is 0.605. The van der Waals surface area contributed by atoms with Gasteiger partial charge in [0.05, 0.1) is 18.9 Å². The van der Waals surface area contributed by atoms with Crippen LogP contribution in [0.1, 0.15) is 28.5 Å². The van der Waals surface area contributed by atoms with Crippen molar-refractivity contribution in [3.8, 4) is 0 Å². The number of hydrogen-bond acceptors (Lipinski definition) is 3. The van der Waals surface area contributed by atoms with Crippen molar-refractivity contribution in [2.75, 3.05) is 7.11 Å². The van der Waals surface area contributed by atoms with E-state index < -0.39 is 17.8 Å². The average Bonchev–Trinajstić information content (AvgIpc) is 2.16. The second kappa shape index (κ2) is 6.90. The number of esters is 1. The number of ether oxygens (including phenoxy) is 1. The Bertz CT molecular complexity index is 226. The Morgan fingerprint density at radius 2 is 1.79 bits per heavy atom. The fraction of sp³-hybridized carbons (Fsp3) is 0.778. The van der Waals surface area contributed by atoms with Crippen LogP contribution in [0.25, 0.3) is 0 Å². The number of carbonyl (C=O) groups is 2. The Balaban J connectivity index is -0.000000563. The van der Waals surface area contributed by atoms with E-state index >= 15 is 0 Å². The second-order valence-corrected chi connectivity index (χ2v) is 3.36. The first-order valence-corrected chi connectivity index (χ1v) is 4.47. The fourth-order valence-corrected chi connectivity index (χ4v) is 1.86. The van der Waals surface area contributed by atoms with Crippen LogP contribution in [0.3, 0.4) is 0 Å². The molecule has 0 saturated heterocycles. The van der Waals surface area contributed by atoms with Crippen LogP contribution in [0.2, 0.25) is 0 Å². The van der Waals surface area contributed by atoms with Crippen LogP contribution < -0.4 is 0 Å². The molecule has 1 N–H and O–H groups in total. The largest absolute Gasteiger partial charge is 2.00 e. The minimum atomic E-state index is -0.880. The van der Waals surface area contributed by atoms with E-state index in [1.165, 1.54) is 7.11 Å². The summed E-state index contributed by atoms with van der Waals surface area (Å²) in [5, 5.41) is 8.85. The van der Waals surface area contributed by atoms with E-state index in [2.05, 4.69) is 4.74 Å². The van der Waals surface area contributed by atoms with Gasteiger partial charge in [-0.3, -0.25) is 9.59 Å². The average molecular weight is 326 g/mol. The molecule has 0 amide bonds. The van der Waals surface area contributed by atoms with Crippen LogP contribution in [0.15, 0.2) is 0 Å². The number of methoxy groups -OCH3 is 1. The van der Waals surface area contributed by atoms with Gasteiger partial charge in [0.25, 0.3) is 0 Å². The monoisotopic (exact) mass is 326 g/mol. The molecule has 1 saturated carbocycles. The number of carbonyl (C=O) groups excluding carboxylic acids is 1. The number of carboxylic acids is 1. The van der Waals surface area contributed by atoms with Gasteiger partial charge in [0.15, 0.2) is 0 Å². The van der Waals surface area contributed by atoms with E-state index in [1.54, 1.807) is 0 Å². The van der Waals surface area contributed by atoms with Crippen molar-refractivity contribution in [2.24, 2.45) is 11.8 Å². The van der Waals surface area contributed by atoms with Crippen molar-refractivity contribution in [3.05, 3.63) is 0 Å². The Hall–Kier alpha value is 0.511. The summed E-state index contributed by atoms with van der Waals surface area (Å²) >= 11 is 0. The number of hydrogen-bond donors (Lipinski definition) is 1. The van der Waals surface area contributed by atoms with Gasteiger partial charge in [-0.15, -0.1) is 0 Å². The van der Waals surface area contributed by atoms with Gasteiger partial charge in [-0.05, 0) is 12.8 Å². The molecule has 0 aromatic heterocycles. The molecule has 0 spiro atoms. The van der Waals surface area contributed by atoms with E-state index in [0.29, 0.717) is 12.8 Å². The Labute approximate surface area is 126 Å². The van der Waals surface area contributed by atoms with Crippen LogP contribution in [0.4, 0.5) is 0 Å². The standard InChI is InChI=1S/C9H14O4.Ba.2H/c1-13-9(12)7-5-3-2-4-6(7)8(10)11;;;/h6-7H,2-5H2,1H3,(H,10,11);;;/q;+2;2*-1. The molecule has 1 rings (SSSR count). The first kappa shape index (κ1) is 14.5. The summed E-state index contributed by atoms with van der Waals surface area (Å²) in [5.41, 5.74) is 0.